The molecule has 6 heteroatoms. The van der Waals surface area contributed by atoms with Gasteiger partial charge < -0.3 is 14.2 Å². The Morgan fingerprint density at radius 2 is 0.456 bits per heavy atom. The van der Waals surface area contributed by atoms with Crippen LogP contribution in [0.2, 0.25) is 0 Å². The van der Waals surface area contributed by atoms with E-state index in [0.717, 1.165) is 96.3 Å². The second kappa shape index (κ2) is 67.6. The molecule has 0 bridgehead atoms. The highest BCUT2D eigenvalue weighted by atomic mass is 16.6. The van der Waals surface area contributed by atoms with E-state index in [4.69, 9.17) is 14.2 Å². The summed E-state index contributed by atoms with van der Waals surface area (Å²) in [6, 6.07) is 0. The van der Waals surface area contributed by atoms with Gasteiger partial charge in [0.2, 0.25) is 0 Å². The van der Waals surface area contributed by atoms with Crippen LogP contribution in [-0.2, 0) is 28.6 Å². The predicted molar refractivity (Wildman–Crippen MR) is 344 cm³/mol. The van der Waals surface area contributed by atoms with Gasteiger partial charge >= 0.3 is 17.9 Å². The Kier molecular flexibility index (Phi) is 65.1. The first kappa shape index (κ1) is 76.1. The fraction of sp³-hybridized carbons (Fsp3) is 0.822. The molecule has 0 saturated carbocycles. The van der Waals surface area contributed by atoms with Crippen LogP contribution in [0.15, 0.2) is 60.8 Å². The van der Waals surface area contributed by atoms with E-state index in [0.29, 0.717) is 19.3 Å². The summed E-state index contributed by atoms with van der Waals surface area (Å²) in [7, 11) is 0. The molecule has 0 heterocycles. The van der Waals surface area contributed by atoms with E-state index in [9.17, 15) is 14.4 Å². The average molecular weight is 1110 g/mol. The lowest BCUT2D eigenvalue weighted by molar-refractivity contribution is -0.167. The maximum absolute atomic E-state index is 12.9. The third-order valence-electron chi connectivity index (χ3n) is 15.5. The SMILES string of the molecule is CCCCC/C=C\C/C=C\CCCCCCCCCC(=O)OCC(COC(=O)CCCCCCCCCCCCCCCCCCCCCCCCC)OC(=O)CCCCCCCC/C=C\C/C=C\C/C=C\CCCCCCC. The molecule has 0 aliphatic rings. The molecule has 460 valence electrons. The van der Waals surface area contributed by atoms with Gasteiger partial charge in [0.05, 0.1) is 0 Å². The predicted octanol–water partition coefficient (Wildman–Crippen LogP) is 23.9. The van der Waals surface area contributed by atoms with Crippen molar-refractivity contribution in [3.8, 4) is 0 Å². The summed E-state index contributed by atoms with van der Waals surface area (Å²) in [4.78, 5) is 38.4. The fourth-order valence-corrected chi connectivity index (χ4v) is 10.2. The fourth-order valence-electron chi connectivity index (χ4n) is 10.2. The Hall–Kier alpha value is -2.89. The topological polar surface area (TPSA) is 78.9 Å². The summed E-state index contributed by atoms with van der Waals surface area (Å²) in [6.45, 7) is 6.65. The van der Waals surface area contributed by atoms with Gasteiger partial charge in [0.1, 0.15) is 13.2 Å². The van der Waals surface area contributed by atoms with Crippen molar-refractivity contribution >= 4 is 17.9 Å². The molecule has 1 atom stereocenters. The molecule has 0 aliphatic carbocycles. The van der Waals surface area contributed by atoms with Crippen molar-refractivity contribution < 1.29 is 28.6 Å². The maximum Gasteiger partial charge on any atom is 0.306 e. The number of rotatable bonds is 64. The Labute approximate surface area is 491 Å². The van der Waals surface area contributed by atoms with Crippen LogP contribution in [0.4, 0.5) is 0 Å². The van der Waals surface area contributed by atoms with Crippen LogP contribution in [0.5, 0.6) is 0 Å². The molecule has 0 aromatic rings. The van der Waals surface area contributed by atoms with Gasteiger partial charge in [-0.2, -0.15) is 0 Å². The van der Waals surface area contributed by atoms with Crippen molar-refractivity contribution in [3.63, 3.8) is 0 Å². The lowest BCUT2D eigenvalue weighted by atomic mass is 10.0. The van der Waals surface area contributed by atoms with E-state index in [1.807, 2.05) is 0 Å². The van der Waals surface area contributed by atoms with Gasteiger partial charge in [-0.25, -0.2) is 0 Å². The van der Waals surface area contributed by atoms with Gasteiger partial charge in [0.25, 0.3) is 0 Å². The highest BCUT2D eigenvalue weighted by Crippen LogP contribution is 2.18. The minimum Gasteiger partial charge on any atom is -0.462 e. The van der Waals surface area contributed by atoms with Crippen molar-refractivity contribution in [2.24, 2.45) is 0 Å². The molecule has 0 aromatic heterocycles. The molecule has 0 aliphatic heterocycles. The monoisotopic (exact) mass is 1110 g/mol. The minimum atomic E-state index is -0.785. The normalized spacial score (nSPS) is 12.4. The van der Waals surface area contributed by atoms with Crippen LogP contribution < -0.4 is 0 Å². The first-order valence-electron chi connectivity index (χ1n) is 34.8. The lowest BCUT2D eigenvalue weighted by Crippen LogP contribution is -2.30. The zero-order valence-electron chi connectivity index (χ0n) is 52.9. The smallest absolute Gasteiger partial charge is 0.306 e. The lowest BCUT2D eigenvalue weighted by Gasteiger charge is -2.18. The second-order valence-corrected chi connectivity index (χ2v) is 23.4. The van der Waals surface area contributed by atoms with Crippen LogP contribution in [0.1, 0.15) is 367 Å². The van der Waals surface area contributed by atoms with Crippen molar-refractivity contribution in [2.75, 3.05) is 13.2 Å². The number of hydrogen-bond acceptors (Lipinski definition) is 6. The average Bonchev–Trinajstić information content (AvgIpc) is 3.45. The third-order valence-corrected chi connectivity index (χ3v) is 15.5. The molecule has 0 N–H and O–H groups in total. The van der Waals surface area contributed by atoms with Crippen molar-refractivity contribution in [3.05, 3.63) is 60.8 Å². The second-order valence-electron chi connectivity index (χ2n) is 23.4. The summed E-state index contributed by atoms with van der Waals surface area (Å²) in [6.07, 6.45) is 86.6. The number of allylic oxidation sites excluding steroid dienone is 10. The molecule has 0 aromatic carbocycles. The minimum absolute atomic E-state index is 0.0788. The molecule has 1 unspecified atom stereocenters. The summed E-state index contributed by atoms with van der Waals surface area (Å²) in [5, 5.41) is 0. The van der Waals surface area contributed by atoms with Crippen LogP contribution in [-0.4, -0.2) is 37.2 Å². The quantitative estimate of drug-likeness (QED) is 0.0261. The summed E-state index contributed by atoms with van der Waals surface area (Å²) < 4.78 is 17.0. The van der Waals surface area contributed by atoms with Crippen LogP contribution in [0.3, 0.4) is 0 Å². The number of ether oxygens (including phenoxy) is 3. The van der Waals surface area contributed by atoms with Crippen molar-refractivity contribution in [1.29, 1.82) is 0 Å². The van der Waals surface area contributed by atoms with Gasteiger partial charge in [0.15, 0.2) is 6.10 Å². The molecule has 0 rings (SSSR count). The Morgan fingerprint density at radius 3 is 0.734 bits per heavy atom. The molecule has 79 heavy (non-hydrogen) atoms. The van der Waals surface area contributed by atoms with E-state index in [-0.39, 0.29) is 31.1 Å². The van der Waals surface area contributed by atoms with E-state index >= 15 is 0 Å². The maximum atomic E-state index is 12.9. The molecule has 6 nitrogen and oxygen atoms in total. The third kappa shape index (κ3) is 65.8. The zero-order valence-corrected chi connectivity index (χ0v) is 52.9. The first-order valence-corrected chi connectivity index (χ1v) is 34.8. The first-order chi connectivity index (χ1) is 39.0. The summed E-state index contributed by atoms with van der Waals surface area (Å²) >= 11 is 0. The summed E-state index contributed by atoms with van der Waals surface area (Å²) in [5.41, 5.74) is 0. The van der Waals surface area contributed by atoms with Crippen molar-refractivity contribution in [2.45, 2.75) is 374 Å². The standard InChI is InChI=1S/C73H132O6/c1-4-7-10-13-16-19-22-25-28-31-33-35-36-38-39-42-45-48-51-54-57-60-63-66-72(75)78-69-70(68-77-71(74)65-62-59-56-53-50-47-44-41-30-27-24-21-18-15-12-9-6-3)79-73(76)67-64-61-58-55-52-49-46-43-40-37-34-32-29-26-23-20-17-14-11-8-5-2/h18,21,23,26-27,30,32,34,40,43,70H,4-17,19-20,22,24-25,28-29,31,33,35-39,41-42,44-69H2,1-3H3/b21-18-,26-23-,30-27-,34-32-,43-40-. The molecular formula is C73H132O6. The van der Waals surface area contributed by atoms with Gasteiger partial charge in [-0.15, -0.1) is 0 Å². The Bertz CT molecular complexity index is 1410. The van der Waals surface area contributed by atoms with Gasteiger partial charge in [-0.05, 0) is 89.9 Å². The Morgan fingerprint density at radius 1 is 0.253 bits per heavy atom. The van der Waals surface area contributed by atoms with Crippen LogP contribution >= 0.6 is 0 Å². The van der Waals surface area contributed by atoms with E-state index < -0.39 is 6.10 Å². The van der Waals surface area contributed by atoms with Crippen LogP contribution in [0, 0.1) is 0 Å². The van der Waals surface area contributed by atoms with E-state index in [1.165, 1.54) is 231 Å². The number of unbranched alkanes of at least 4 members (excludes halogenated alkanes) is 43. The van der Waals surface area contributed by atoms with E-state index in [2.05, 4.69) is 81.5 Å². The molecule has 0 amide bonds. The molecule has 0 saturated heterocycles. The van der Waals surface area contributed by atoms with Gasteiger partial charge in [-0.1, -0.05) is 319 Å². The number of carbonyl (C=O) groups excluding carboxylic acids is 3. The largest absolute Gasteiger partial charge is 0.462 e. The van der Waals surface area contributed by atoms with Gasteiger partial charge in [0, 0.05) is 19.3 Å². The highest BCUT2D eigenvalue weighted by molar-refractivity contribution is 5.71. The van der Waals surface area contributed by atoms with E-state index in [1.54, 1.807) is 0 Å². The number of carbonyl (C=O) groups is 3. The molecule has 0 fully saturated rings. The zero-order chi connectivity index (χ0) is 57.1. The summed E-state index contributed by atoms with van der Waals surface area (Å²) in [5.74, 6) is -0.877. The van der Waals surface area contributed by atoms with Crippen LogP contribution in [0.25, 0.3) is 0 Å². The molecule has 0 spiro atoms. The highest BCUT2D eigenvalue weighted by Gasteiger charge is 2.19. The molecular weight excluding hydrogens is 973 g/mol. The Balaban J connectivity index is 4.35. The number of hydrogen-bond donors (Lipinski definition) is 0. The molecule has 0 radical (unpaired) electrons. The number of esters is 3. The van der Waals surface area contributed by atoms with Crippen molar-refractivity contribution in [1.82, 2.24) is 0 Å². The van der Waals surface area contributed by atoms with Gasteiger partial charge in [-0.3, -0.25) is 14.4 Å².